The summed E-state index contributed by atoms with van der Waals surface area (Å²) in [4.78, 5) is 21.6. The number of hydrogen-bond donors (Lipinski definition) is 3. The average molecular weight is 299 g/mol. The summed E-state index contributed by atoms with van der Waals surface area (Å²) < 4.78 is 1.30. The topological polar surface area (TPSA) is 122 Å². The van der Waals surface area contributed by atoms with Crippen molar-refractivity contribution >= 4 is 11.6 Å². The molecule has 0 aliphatic rings. The number of rotatable bonds is 9. The van der Waals surface area contributed by atoms with Gasteiger partial charge in [-0.3, -0.25) is 19.6 Å². The summed E-state index contributed by atoms with van der Waals surface area (Å²) in [7, 11) is 0. The molecule has 2 unspecified atom stereocenters. The van der Waals surface area contributed by atoms with Crippen molar-refractivity contribution in [2.45, 2.75) is 39.0 Å². The molecule has 118 valence electrons. The third-order valence-corrected chi connectivity index (χ3v) is 2.83. The molecule has 9 heteroatoms. The predicted octanol–water partition coefficient (Wildman–Crippen LogP) is -0.343. The van der Waals surface area contributed by atoms with E-state index >= 15 is 0 Å². The Hall–Kier alpha value is -2.00. The number of amides is 1. The Morgan fingerprint density at radius 1 is 1.62 bits per heavy atom. The van der Waals surface area contributed by atoms with Crippen molar-refractivity contribution < 1.29 is 14.8 Å². The quantitative estimate of drug-likeness (QED) is 0.423. The zero-order valence-electron chi connectivity index (χ0n) is 12.2. The Morgan fingerprint density at radius 2 is 2.33 bits per heavy atom. The van der Waals surface area contributed by atoms with Crippen LogP contribution in [0.3, 0.4) is 0 Å². The molecule has 1 aromatic heterocycles. The first kappa shape index (κ1) is 17.1. The molecule has 1 rings (SSSR count). The number of hydrogen-bond acceptors (Lipinski definition) is 6. The van der Waals surface area contributed by atoms with E-state index in [1.54, 1.807) is 6.92 Å². The molecule has 9 nitrogen and oxygen atoms in total. The van der Waals surface area contributed by atoms with E-state index in [4.69, 9.17) is 0 Å². The number of carbonyl (C=O) groups excluding carboxylic acids is 1. The van der Waals surface area contributed by atoms with Crippen LogP contribution in [0.25, 0.3) is 0 Å². The lowest BCUT2D eigenvalue weighted by Crippen LogP contribution is -2.45. The monoisotopic (exact) mass is 299 g/mol. The standard InChI is InChI=1S/C12H21N5O4/c1-3-4-13-12(19)9(2)14-6-11(18)8-16-7-10(5-15-16)17(20)21/h5,7,9,11,14,18H,3-4,6,8H2,1-2H3,(H,13,19). The number of nitro groups is 1. The zero-order valence-corrected chi connectivity index (χ0v) is 12.2. The van der Waals surface area contributed by atoms with Gasteiger partial charge in [0, 0.05) is 13.1 Å². The first-order chi connectivity index (χ1) is 9.93. The smallest absolute Gasteiger partial charge is 0.306 e. The van der Waals surface area contributed by atoms with Crippen molar-refractivity contribution in [3.05, 3.63) is 22.5 Å². The van der Waals surface area contributed by atoms with Crippen LogP contribution in [-0.4, -0.2) is 51.0 Å². The molecule has 0 saturated carbocycles. The molecule has 0 fully saturated rings. The molecule has 0 spiro atoms. The van der Waals surface area contributed by atoms with E-state index in [-0.39, 0.29) is 24.7 Å². The van der Waals surface area contributed by atoms with E-state index in [1.807, 2.05) is 6.92 Å². The summed E-state index contributed by atoms with van der Waals surface area (Å²) in [5, 5.41) is 29.8. The summed E-state index contributed by atoms with van der Waals surface area (Å²) in [5.41, 5.74) is -0.123. The van der Waals surface area contributed by atoms with Crippen LogP contribution in [0, 0.1) is 10.1 Å². The summed E-state index contributed by atoms with van der Waals surface area (Å²) in [5.74, 6) is -0.126. The SMILES string of the molecule is CCCNC(=O)C(C)NCC(O)Cn1cc([N+](=O)[O-])cn1. The van der Waals surface area contributed by atoms with Crippen LogP contribution >= 0.6 is 0 Å². The molecular weight excluding hydrogens is 278 g/mol. The second-order valence-electron chi connectivity index (χ2n) is 4.75. The lowest BCUT2D eigenvalue weighted by Gasteiger charge is -2.16. The summed E-state index contributed by atoms with van der Waals surface area (Å²) in [6.45, 7) is 4.59. The van der Waals surface area contributed by atoms with Gasteiger partial charge in [-0.25, -0.2) is 0 Å². The second kappa shape index (κ2) is 8.32. The van der Waals surface area contributed by atoms with Gasteiger partial charge in [-0.15, -0.1) is 0 Å². The fourth-order valence-electron chi connectivity index (χ4n) is 1.63. The number of nitrogens with one attached hydrogen (secondary N) is 2. The van der Waals surface area contributed by atoms with Gasteiger partial charge >= 0.3 is 5.69 Å². The van der Waals surface area contributed by atoms with Gasteiger partial charge < -0.3 is 15.7 Å². The second-order valence-corrected chi connectivity index (χ2v) is 4.75. The van der Waals surface area contributed by atoms with Crippen LogP contribution in [0.5, 0.6) is 0 Å². The van der Waals surface area contributed by atoms with E-state index < -0.39 is 17.1 Å². The first-order valence-electron chi connectivity index (χ1n) is 6.80. The number of aliphatic hydroxyl groups excluding tert-OH is 1. The Morgan fingerprint density at radius 3 is 2.90 bits per heavy atom. The molecule has 1 aromatic rings. The van der Waals surface area contributed by atoms with Crippen LogP contribution in [0.2, 0.25) is 0 Å². The lowest BCUT2D eigenvalue weighted by molar-refractivity contribution is -0.385. The molecule has 2 atom stereocenters. The number of carbonyl (C=O) groups is 1. The Balaban J connectivity index is 2.34. The Labute approximate surface area is 122 Å². The molecule has 1 amide bonds. The van der Waals surface area contributed by atoms with Crippen molar-refractivity contribution in [2.75, 3.05) is 13.1 Å². The summed E-state index contributed by atoms with van der Waals surface area (Å²) in [6, 6.07) is -0.418. The third kappa shape index (κ3) is 5.88. The van der Waals surface area contributed by atoms with Crippen LogP contribution in [0.15, 0.2) is 12.4 Å². The average Bonchev–Trinajstić information content (AvgIpc) is 2.90. The van der Waals surface area contributed by atoms with Gasteiger partial charge in [0.15, 0.2) is 0 Å². The van der Waals surface area contributed by atoms with Gasteiger partial charge in [-0.05, 0) is 13.3 Å². The fourth-order valence-corrected chi connectivity index (χ4v) is 1.63. The molecule has 0 radical (unpaired) electrons. The summed E-state index contributed by atoms with van der Waals surface area (Å²) >= 11 is 0. The molecular formula is C12H21N5O4. The molecule has 0 bridgehead atoms. The van der Waals surface area contributed by atoms with E-state index in [0.717, 1.165) is 12.6 Å². The number of aliphatic hydroxyl groups is 1. The molecule has 21 heavy (non-hydrogen) atoms. The maximum Gasteiger partial charge on any atom is 0.306 e. The van der Waals surface area contributed by atoms with Crippen LogP contribution in [-0.2, 0) is 11.3 Å². The maximum atomic E-state index is 11.6. The highest BCUT2D eigenvalue weighted by Crippen LogP contribution is 2.07. The van der Waals surface area contributed by atoms with Gasteiger partial charge in [-0.1, -0.05) is 6.92 Å². The molecule has 0 aliphatic heterocycles. The summed E-state index contributed by atoms with van der Waals surface area (Å²) in [6.07, 6.45) is 2.44. The Kier molecular flexibility index (Phi) is 6.76. The highest BCUT2D eigenvalue weighted by atomic mass is 16.6. The van der Waals surface area contributed by atoms with Crippen molar-refractivity contribution in [3.8, 4) is 0 Å². The molecule has 3 N–H and O–H groups in total. The zero-order chi connectivity index (χ0) is 15.8. The number of aromatic nitrogens is 2. The van der Waals surface area contributed by atoms with Crippen molar-refractivity contribution in [1.82, 2.24) is 20.4 Å². The third-order valence-electron chi connectivity index (χ3n) is 2.83. The number of nitrogens with zero attached hydrogens (tertiary/aromatic N) is 3. The predicted molar refractivity (Wildman–Crippen MR) is 75.7 cm³/mol. The highest BCUT2D eigenvalue weighted by molar-refractivity contribution is 5.81. The van der Waals surface area contributed by atoms with Gasteiger partial charge in [0.2, 0.25) is 5.91 Å². The minimum atomic E-state index is -0.800. The fraction of sp³-hybridized carbons (Fsp3) is 0.667. The maximum absolute atomic E-state index is 11.6. The van der Waals surface area contributed by atoms with Crippen LogP contribution in [0.4, 0.5) is 5.69 Å². The van der Waals surface area contributed by atoms with Crippen LogP contribution < -0.4 is 10.6 Å². The minimum absolute atomic E-state index is 0.115. The van der Waals surface area contributed by atoms with E-state index in [0.29, 0.717) is 6.54 Å². The van der Waals surface area contributed by atoms with Crippen LogP contribution in [0.1, 0.15) is 20.3 Å². The molecule has 0 aliphatic carbocycles. The highest BCUT2D eigenvalue weighted by Gasteiger charge is 2.15. The van der Waals surface area contributed by atoms with Crippen molar-refractivity contribution in [2.24, 2.45) is 0 Å². The van der Waals surface area contributed by atoms with Gasteiger partial charge in [0.1, 0.15) is 12.4 Å². The van der Waals surface area contributed by atoms with E-state index in [9.17, 15) is 20.0 Å². The van der Waals surface area contributed by atoms with Gasteiger partial charge in [0.25, 0.3) is 0 Å². The molecule has 0 aromatic carbocycles. The largest absolute Gasteiger partial charge is 0.390 e. The van der Waals surface area contributed by atoms with Crippen molar-refractivity contribution in [3.63, 3.8) is 0 Å². The van der Waals surface area contributed by atoms with Crippen molar-refractivity contribution in [1.29, 1.82) is 0 Å². The van der Waals surface area contributed by atoms with E-state index in [1.165, 1.54) is 10.9 Å². The normalized spacial score (nSPS) is 13.7. The molecule has 0 saturated heterocycles. The lowest BCUT2D eigenvalue weighted by atomic mass is 10.2. The van der Waals surface area contributed by atoms with Gasteiger partial charge in [-0.2, -0.15) is 5.10 Å². The minimum Gasteiger partial charge on any atom is -0.390 e. The van der Waals surface area contributed by atoms with E-state index in [2.05, 4.69) is 15.7 Å². The molecule has 1 heterocycles. The Bertz CT molecular complexity index is 476. The first-order valence-corrected chi connectivity index (χ1v) is 6.80. The van der Waals surface area contributed by atoms with Gasteiger partial charge in [0.05, 0.1) is 23.6 Å².